The maximum absolute atomic E-state index is 10.6. The zero-order chi connectivity index (χ0) is 12.6. The summed E-state index contributed by atoms with van der Waals surface area (Å²) in [6.45, 7) is 0. The van der Waals surface area contributed by atoms with Gasteiger partial charge in [-0.1, -0.05) is 48.5 Å². The molecule has 0 saturated heterocycles. The van der Waals surface area contributed by atoms with Crippen LogP contribution in [0.2, 0.25) is 0 Å². The fraction of sp³-hybridized carbons (Fsp3) is 0.188. The Morgan fingerprint density at radius 3 is 2.17 bits per heavy atom. The molecule has 1 nitrogen and oxygen atoms in total. The predicted octanol–water partition coefficient (Wildman–Crippen LogP) is 4.50. The second-order valence-corrected chi connectivity index (χ2v) is 5.35. The van der Waals surface area contributed by atoms with E-state index in [-0.39, 0.29) is 0 Å². The van der Waals surface area contributed by atoms with E-state index in [9.17, 15) is 4.79 Å². The molecule has 0 aliphatic rings. The molecular weight excluding hydrogens is 240 g/mol. The van der Waals surface area contributed by atoms with Gasteiger partial charge in [-0.15, -0.1) is 11.8 Å². The van der Waals surface area contributed by atoms with Crippen molar-refractivity contribution in [2.75, 3.05) is 0 Å². The van der Waals surface area contributed by atoms with Crippen molar-refractivity contribution in [1.82, 2.24) is 0 Å². The molecule has 0 radical (unpaired) electrons. The number of hydrogen-bond donors (Lipinski definition) is 0. The standard InChI is InChI=1S/C16H16OS/c17-13-7-12-16(14-8-3-1-4-9-14)18-15-10-5-2-6-11-15/h1-6,8-11,13,16H,7,12H2. The molecule has 0 aliphatic heterocycles. The highest BCUT2D eigenvalue weighted by Gasteiger charge is 2.12. The van der Waals surface area contributed by atoms with Gasteiger partial charge in [-0.2, -0.15) is 0 Å². The van der Waals surface area contributed by atoms with Crippen LogP contribution < -0.4 is 0 Å². The van der Waals surface area contributed by atoms with E-state index < -0.39 is 0 Å². The second-order valence-electron chi connectivity index (χ2n) is 4.07. The molecule has 18 heavy (non-hydrogen) atoms. The van der Waals surface area contributed by atoms with Crippen molar-refractivity contribution in [2.24, 2.45) is 0 Å². The normalized spacial score (nSPS) is 12.0. The summed E-state index contributed by atoms with van der Waals surface area (Å²) in [5, 5.41) is 0.346. The van der Waals surface area contributed by atoms with Gasteiger partial charge in [-0.25, -0.2) is 0 Å². The van der Waals surface area contributed by atoms with Crippen LogP contribution in [-0.4, -0.2) is 6.29 Å². The van der Waals surface area contributed by atoms with Crippen LogP contribution in [0.4, 0.5) is 0 Å². The molecule has 2 aromatic carbocycles. The van der Waals surface area contributed by atoms with E-state index in [0.717, 1.165) is 12.7 Å². The number of carbonyl (C=O) groups excluding carboxylic acids is 1. The molecule has 0 amide bonds. The molecule has 1 unspecified atom stereocenters. The summed E-state index contributed by atoms with van der Waals surface area (Å²) in [4.78, 5) is 11.8. The summed E-state index contributed by atoms with van der Waals surface area (Å²) in [5.74, 6) is 0. The zero-order valence-electron chi connectivity index (χ0n) is 10.2. The smallest absolute Gasteiger partial charge is 0.120 e. The SMILES string of the molecule is O=CCCC(Sc1ccccc1)c1ccccc1. The molecule has 2 heteroatoms. The highest BCUT2D eigenvalue weighted by molar-refractivity contribution is 7.99. The lowest BCUT2D eigenvalue weighted by molar-refractivity contribution is -0.107. The number of thioether (sulfide) groups is 1. The van der Waals surface area contributed by atoms with Gasteiger partial charge in [0.15, 0.2) is 0 Å². The van der Waals surface area contributed by atoms with E-state index in [1.807, 2.05) is 36.0 Å². The van der Waals surface area contributed by atoms with Gasteiger partial charge in [0.2, 0.25) is 0 Å². The summed E-state index contributed by atoms with van der Waals surface area (Å²) in [6.07, 6.45) is 2.49. The molecule has 0 spiro atoms. The van der Waals surface area contributed by atoms with Crippen LogP contribution in [0.25, 0.3) is 0 Å². The lowest BCUT2D eigenvalue weighted by atomic mass is 10.1. The molecule has 2 rings (SSSR count). The first-order chi connectivity index (χ1) is 8.90. The number of carbonyl (C=O) groups is 1. The van der Waals surface area contributed by atoms with Crippen LogP contribution >= 0.6 is 11.8 Å². The third kappa shape index (κ3) is 3.74. The van der Waals surface area contributed by atoms with Crippen molar-refractivity contribution >= 4 is 18.0 Å². The molecule has 0 saturated carbocycles. The quantitative estimate of drug-likeness (QED) is 0.559. The van der Waals surface area contributed by atoms with Crippen LogP contribution in [0.1, 0.15) is 23.7 Å². The summed E-state index contributed by atoms with van der Waals surface area (Å²) < 4.78 is 0. The fourth-order valence-corrected chi connectivity index (χ4v) is 3.03. The third-order valence-corrected chi connectivity index (χ3v) is 4.08. The number of rotatable bonds is 6. The van der Waals surface area contributed by atoms with Gasteiger partial charge in [-0.3, -0.25) is 0 Å². The van der Waals surface area contributed by atoms with E-state index in [1.165, 1.54) is 10.5 Å². The fourth-order valence-electron chi connectivity index (χ4n) is 1.84. The average molecular weight is 256 g/mol. The van der Waals surface area contributed by atoms with Crippen molar-refractivity contribution in [3.8, 4) is 0 Å². The van der Waals surface area contributed by atoms with E-state index >= 15 is 0 Å². The topological polar surface area (TPSA) is 17.1 Å². The van der Waals surface area contributed by atoms with Crippen molar-refractivity contribution < 1.29 is 4.79 Å². The van der Waals surface area contributed by atoms with Crippen LogP contribution in [0, 0.1) is 0 Å². The van der Waals surface area contributed by atoms with E-state index in [1.54, 1.807) is 0 Å². The van der Waals surface area contributed by atoms with Gasteiger partial charge in [0.05, 0.1) is 0 Å². The Hall–Kier alpha value is -1.54. The largest absolute Gasteiger partial charge is 0.303 e. The molecule has 92 valence electrons. The van der Waals surface area contributed by atoms with Crippen LogP contribution in [0.5, 0.6) is 0 Å². The highest BCUT2D eigenvalue weighted by atomic mass is 32.2. The lowest BCUT2D eigenvalue weighted by Crippen LogP contribution is -1.94. The van der Waals surface area contributed by atoms with E-state index in [0.29, 0.717) is 11.7 Å². The molecule has 0 bridgehead atoms. The summed E-state index contributed by atoms with van der Waals surface area (Å²) in [7, 11) is 0. The Morgan fingerprint density at radius 2 is 1.56 bits per heavy atom. The van der Waals surface area contributed by atoms with Gasteiger partial charge >= 0.3 is 0 Å². The minimum Gasteiger partial charge on any atom is -0.303 e. The van der Waals surface area contributed by atoms with Crippen LogP contribution in [-0.2, 0) is 4.79 Å². The maximum Gasteiger partial charge on any atom is 0.120 e. The first kappa shape index (κ1) is 12.9. The zero-order valence-corrected chi connectivity index (χ0v) is 11.0. The minimum atomic E-state index is 0.346. The highest BCUT2D eigenvalue weighted by Crippen LogP contribution is 2.38. The Labute approximate surface area is 112 Å². The molecule has 0 heterocycles. The number of aldehydes is 1. The summed E-state index contributed by atoms with van der Waals surface area (Å²) in [6, 6.07) is 20.7. The minimum absolute atomic E-state index is 0.346. The van der Waals surface area contributed by atoms with Crippen molar-refractivity contribution in [1.29, 1.82) is 0 Å². The van der Waals surface area contributed by atoms with Crippen LogP contribution in [0.3, 0.4) is 0 Å². The third-order valence-electron chi connectivity index (χ3n) is 2.74. The first-order valence-corrected chi connectivity index (χ1v) is 6.98. The molecule has 0 N–H and O–H groups in total. The van der Waals surface area contributed by atoms with Crippen molar-refractivity contribution in [2.45, 2.75) is 23.0 Å². The Morgan fingerprint density at radius 1 is 0.944 bits per heavy atom. The molecule has 0 fully saturated rings. The van der Waals surface area contributed by atoms with Crippen molar-refractivity contribution in [3.63, 3.8) is 0 Å². The van der Waals surface area contributed by atoms with Gasteiger partial charge < -0.3 is 4.79 Å². The predicted molar refractivity (Wildman–Crippen MR) is 76.8 cm³/mol. The number of benzene rings is 2. The summed E-state index contributed by atoms with van der Waals surface area (Å²) >= 11 is 1.82. The Bertz CT molecular complexity index is 467. The monoisotopic (exact) mass is 256 g/mol. The van der Waals surface area contributed by atoms with Gasteiger partial charge in [0.1, 0.15) is 6.29 Å². The molecular formula is C16H16OS. The lowest BCUT2D eigenvalue weighted by Gasteiger charge is -2.15. The molecule has 0 aromatic heterocycles. The van der Waals surface area contributed by atoms with E-state index in [4.69, 9.17) is 0 Å². The number of hydrogen-bond acceptors (Lipinski definition) is 2. The maximum atomic E-state index is 10.6. The first-order valence-electron chi connectivity index (χ1n) is 6.10. The summed E-state index contributed by atoms with van der Waals surface area (Å²) in [5.41, 5.74) is 1.29. The Kier molecular flexibility index (Phi) is 5.03. The van der Waals surface area contributed by atoms with Crippen LogP contribution in [0.15, 0.2) is 65.6 Å². The molecule has 0 aliphatic carbocycles. The van der Waals surface area contributed by atoms with Crippen molar-refractivity contribution in [3.05, 3.63) is 66.2 Å². The Balaban J connectivity index is 2.13. The second kappa shape index (κ2) is 7.02. The van der Waals surface area contributed by atoms with E-state index in [2.05, 4.69) is 36.4 Å². The molecule has 1 atom stereocenters. The van der Waals surface area contributed by atoms with Gasteiger partial charge in [-0.05, 0) is 24.1 Å². The van der Waals surface area contributed by atoms with Gasteiger partial charge in [0.25, 0.3) is 0 Å². The van der Waals surface area contributed by atoms with Gasteiger partial charge in [0, 0.05) is 16.6 Å². The average Bonchev–Trinajstić information content (AvgIpc) is 2.45. The molecule has 2 aromatic rings.